The van der Waals surface area contributed by atoms with Crippen molar-refractivity contribution < 1.29 is 9.88 Å². The lowest BCUT2D eigenvalue weighted by molar-refractivity contribution is -0.922. The Morgan fingerprint density at radius 2 is 2.15 bits per heavy atom. The lowest BCUT2D eigenvalue weighted by Gasteiger charge is -2.21. The number of aromatic nitrogens is 1. The van der Waals surface area contributed by atoms with Crippen LogP contribution in [0.3, 0.4) is 0 Å². The Balaban J connectivity index is 1.89. The van der Waals surface area contributed by atoms with Gasteiger partial charge in [0.1, 0.15) is 6.54 Å². The average Bonchev–Trinajstić information content (AvgIpc) is 2.53. The van der Waals surface area contributed by atoms with Crippen LogP contribution in [0.15, 0.2) is 5.38 Å². The number of hydrogen-bond acceptors (Lipinski definition) is 2. The van der Waals surface area contributed by atoms with Crippen LogP contribution in [0.25, 0.3) is 0 Å². The summed E-state index contributed by atoms with van der Waals surface area (Å²) in [6.45, 7) is 3.76. The number of H-pyrrole nitrogens is 1. The van der Waals surface area contributed by atoms with E-state index in [1.807, 2.05) is 0 Å². The molecule has 0 aliphatic carbocycles. The first-order valence-electron chi connectivity index (χ1n) is 4.93. The zero-order chi connectivity index (χ0) is 9.10. The highest BCUT2D eigenvalue weighted by molar-refractivity contribution is 7.13. The number of thiazole rings is 1. The van der Waals surface area contributed by atoms with Gasteiger partial charge in [0.25, 0.3) is 0 Å². The van der Waals surface area contributed by atoms with Crippen LogP contribution in [-0.4, -0.2) is 13.1 Å². The molecule has 2 heterocycles. The number of piperidine rings is 1. The molecule has 1 saturated heterocycles. The summed E-state index contributed by atoms with van der Waals surface area (Å²) in [6, 6.07) is 0. The predicted molar refractivity (Wildman–Crippen MR) is 53.5 cm³/mol. The van der Waals surface area contributed by atoms with Crippen LogP contribution in [0.4, 0.5) is 5.13 Å². The third-order valence-electron chi connectivity index (χ3n) is 2.61. The maximum atomic E-state index is 5.64. The van der Waals surface area contributed by atoms with E-state index < -0.39 is 0 Å². The van der Waals surface area contributed by atoms with Crippen LogP contribution >= 0.6 is 11.3 Å². The Labute approximate surface area is 82.6 Å². The van der Waals surface area contributed by atoms with Gasteiger partial charge in [-0.2, -0.15) is 0 Å². The molecule has 72 valence electrons. The third-order valence-corrected chi connectivity index (χ3v) is 3.37. The molecule has 0 saturated carbocycles. The van der Waals surface area contributed by atoms with E-state index in [1.165, 1.54) is 38.0 Å². The number of hydrogen-bond donors (Lipinski definition) is 2. The quantitative estimate of drug-likeness (QED) is 0.675. The lowest BCUT2D eigenvalue weighted by atomic mass is 10.1. The van der Waals surface area contributed by atoms with E-state index in [4.69, 9.17) is 5.73 Å². The van der Waals surface area contributed by atoms with Crippen LogP contribution in [-0.2, 0) is 6.54 Å². The van der Waals surface area contributed by atoms with Crippen LogP contribution in [0.5, 0.6) is 0 Å². The van der Waals surface area contributed by atoms with Crippen molar-refractivity contribution in [2.24, 2.45) is 0 Å². The van der Waals surface area contributed by atoms with Gasteiger partial charge in [0.05, 0.1) is 13.1 Å². The van der Waals surface area contributed by atoms with Gasteiger partial charge >= 0.3 is 5.13 Å². The van der Waals surface area contributed by atoms with Gasteiger partial charge in [-0.1, -0.05) is 11.3 Å². The van der Waals surface area contributed by atoms with Crippen LogP contribution in [0, 0.1) is 0 Å². The zero-order valence-corrected chi connectivity index (χ0v) is 8.62. The van der Waals surface area contributed by atoms with Crippen molar-refractivity contribution in [2.45, 2.75) is 25.8 Å². The van der Waals surface area contributed by atoms with Crippen molar-refractivity contribution in [1.82, 2.24) is 0 Å². The molecule has 4 heteroatoms. The van der Waals surface area contributed by atoms with E-state index in [9.17, 15) is 0 Å². The van der Waals surface area contributed by atoms with Crippen molar-refractivity contribution >= 4 is 16.5 Å². The van der Waals surface area contributed by atoms with E-state index in [-0.39, 0.29) is 0 Å². The van der Waals surface area contributed by atoms with Gasteiger partial charge in [0, 0.05) is 5.38 Å². The summed E-state index contributed by atoms with van der Waals surface area (Å²) >= 11 is 1.60. The fraction of sp³-hybridized carbons (Fsp3) is 0.667. The first kappa shape index (κ1) is 8.97. The van der Waals surface area contributed by atoms with E-state index in [0.717, 1.165) is 11.7 Å². The highest BCUT2D eigenvalue weighted by Crippen LogP contribution is 2.04. The molecule has 0 bridgehead atoms. The molecular weight excluding hydrogens is 182 g/mol. The summed E-state index contributed by atoms with van der Waals surface area (Å²) in [7, 11) is 0. The largest absolute Gasteiger partial charge is 0.329 e. The number of aromatic amines is 1. The molecule has 0 atom stereocenters. The second kappa shape index (κ2) is 4.07. The van der Waals surface area contributed by atoms with E-state index in [2.05, 4.69) is 10.4 Å². The van der Waals surface area contributed by atoms with Crippen molar-refractivity contribution in [3.8, 4) is 0 Å². The molecule has 1 aromatic rings. The Kier molecular flexibility index (Phi) is 2.80. The molecule has 0 radical (unpaired) electrons. The normalized spacial score (nSPS) is 19.1. The lowest BCUT2D eigenvalue weighted by Crippen LogP contribution is -3.11. The molecule has 1 aliphatic rings. The predicted octanol–water partition coefficient (Wildman–Crippen LogP) is -0.287. The molecule has 3 nitrogen and oxygen atoms in total. The Hall–Kier alpha value is -0.610. The molecule has 0 amide bonds. The standard InChI is InChI=1S/C9H15N3S/c10-9-11-8(7-13-9)6-12-4-2-1-3-5-12/h7H,1-6H2,(H2,10,11)/p+2. The highest BCUT2D eigenvalue weighted by Gasteiger charge is 2.16. The molecular formula is C9H17N3S+2. The van der Waals surface area contributed by atoms with Crippen LogP contribution < -0.4 is 15.6 Å². The maximum absolute atomic E-state index is 5.64. The Bertz CT molecular complexity index is 266. The van der Waals surface area contributed by atoms with Crippen molar-refractivity contribution in [3.05, 3.63) is 11.1 Å². The summed E-state index contributed by atoms with van der Waals surface area (Å²) in [5, 5.41) is 2.96. The number of anilines is 1. The minimum Gasteiger partial charge on any atom is -0.328 e. The number of nitrogens with one attached hydrogen (secondary N) is 2. The van der Waals surface area contributed by atoms with Gasteiger partial charge in [-0.3, -0.25) is 5.73 Å². The molecule has 1 aromatic heterocycles. The first-order chi connectivity index (χ1) is 6.34. The van der Waals surface area contributed by atoms with E-state index >= 15 is 0 Å². The molecule has 1 aliphatic heterocycles. The van der Waals surface area contributed by atoms with Crippen molar-refractivity contribution in [1.29, 1.82) is 0 Å². The summed E-state index contributed by atoms with van der Waals surface area (Å²) in [5.41, 5.74) is 6.93. The topological polar surface area (TPSA) is 44.6 Å². The zero-order valence-electron chi connectivity index (χ0n) is 7.81. The number of quaternary nitrogens is 1. The highest BCUT2D eigenvalue weighted by atomic mass is 32.1. The smallest absolute Gasteiger partial charge is 0.328 e. The molecule has 0 aromatic carbocycles. The average molecular weight is 199 g/mol. The molecule has 0 unspecified atom stereocenters. The van der Waals surface area contributed by atoms with Crippen LogP contribution in [0.2, 0.25) is 0 Å². The molecule has 0 spiro atoms. The third kappa shape index (κ3) is 2.42. The Morgan fingerprint density at radius 3 is 2.77 bits per heavy atom. The first-order valence-corrected chi connectivity index (χ1v) is 5.81. The van der Waals surface area contributed by atoms with Gasteiger partial charge in [0.15, 0.2) is 5.69 Å². The molecule has 2 rings (SSSR count). The number of nitrogen functional groups attached to an aromatic ring is 1. The second-order valence-corrected chi connectivity index (χ2v) is 4.65. The minimum absolute atomic E-state index is 0.825. The van der Waals surface area contributed by atoms with Gasteiger partial charge in [-0.15, -0.1) is 0 Å². The number of rotatable bonds is 2. The molecule has 4 N–H and O–H groups in total. The van der Waals surface area contributed by atoms with Gasteiger partial charge in [0.2, 0.25) is 0 Å². The second-order valence-electron chi connectivity index (χ2n) is 3.74. The van der Waals surface area contributed by atoms with Gasteiger partial charge < -0.3 is 4.90 Å². The molecule has 13 heavy (non-hydrogen) atoms. The monoisotopic (exact) mass is 199 g/mol. The van der Waals surface area contributed by atoms with Gasteiger partial charge in [-0.05, 0) is 19.3 Å². The fourth-order valence-electron chi connectivity index (χ4n) is 1.94. The number of likely N-dealkylation sites (tertiary alicyclic amines) is 1. The summed E-state index contributed by atoms with van der Waals surface area (Å²) in [6.07, 6.45) is 4.18. The minimum atomic E-state index is 0.825. The van der Waals surface area contributed by atoms with Crippen LogP contribution in [0.1, 0.15) is 25.0 Å². The van der Waals surface area contributed by atoms with Crippen molar-refractivity contribution in [3.63, 3.8) is 0 Å². The van der Waals surface area contributed by atoms with Crippen molar-refractivity contribution in [2.75, 3.05) is 18.8 Å². The van der Waals surface area contributed by atoms with E-state index in [0.29, 0.717) is 0 Å². The number of nitrogens with two attached hydrogens (primary N) is 1. The SMILES string of the molecule is Nc1[nH+]c(C[NH+]2CCCCC2)cs1. The Morgan fingerprint density at radius 1 is 1.38 bits per heavy atom. The summed E-state index contributed by atoms with van der Waals surface area (Å²) in [4.78, 5) is 4.89. The van der Waals surface area contributed by atoms with Gasteiger partial charge in [-0.25, -0.2) is 4.98 Å². The maximum Gasteiger partial charge on any atom is 0.329 e. The van der Waals surface area contributed by atoms with E-state index in [1.54, 1.807) is 16.2 Å². The summed E-state index contributed by atoms with van der Waals surface area (Å²) in [5.74, 6) is 0. The summed E-state index contributed by atoms with van der Waals surface area (Å²) < 4.78 is 0. The fourth-order valence-corrected chi connectivity index (χ4v) is 2.54. The molecule has 1 fully saturated rings.